The highest BCUT2D eigenvalue weighted by molar-refractivity contribution is 5.72. The molecule has 1 atom stereocenters. The number of methoxy groups -OCH3 is 1. The standard InChI is InChI=1S/C14H20O3/c1-10(2)11(3)17-13-7-5-12(6-8-13)9-14(15)16-4/h5-8,10-11H,9H2,1-4H3. The van der Waals surface area contributed by atoms with Crippen LogP contribution in [0.15, 0.2) is 24.3 Å². The molecule has 1 unspecified atom stereocenters. The summed E-state index contributed by atoms with van der Waals surface area (Å²) in [5, 5.41) is 0. The SMILES string of the molecule is COC(=O)Cc1ccc(OC(C)C(C)C)cc1. The van der Waals surface area contributed by atoms with Gasteiger partial charge in [-0.05, 0) is 30.5 Å². The van der Waals surface area contributed by atoms with E-state index in [1.807, 2.05) is 31.2 Å². The summed E-state index contributed by atoms with van der Waals surface area (Å²) < 4.78 is 10.4. The van der Waals surface area contributed by atoms with E-state index in [1.54, 1.807) is 0 Å². The fraction of sp³-hybridized carbons (Fsp3) is 0.500. The molecule has 0 spiro atoms. The van der Waals surface area contributed by atoms with Crippen LogP contribution in [0.25, 0.3) is 0 Å². The molecule has 17 heavy (non-hydrogen) atoms. The molecule has 0 aliphatic carbocycles. The number of hydrogen-bond donors (Lipinski definition) is 0. The predicted molar refractivity (Wildman–Crippen MR) is 67.1 cm³/mol. The summed E-state index contributed by atoms with van der Waals surface area (Å²) in [6, 6.07) is 7.55. The van der Waals surface area contributed by atoms with Gasteiger partial charge in [-0.1, -0.05) is 26.0 Å². The molecule has 0 amide bonds. The van der Waals surface area contributed by atoms with Crippen molar-refractivity contribution in [1.82, 2.24) is 0 Å². The van der Waals surface area contributed by atoms with E-state index in [9.17, 15) is 4.79 Å². The Bertz CT molecular complexity index is 354. The van der Waals surface area contributed by atoms with Crippen LogP contribution < -0.4 is 4.74 Å². The first kappa shape index (κ1) is 13.6. The summed E-state index contributed by atoms with van der Waals surface area (Å²) in [7, 11) is 1.39. The van der Waals surface area contributed by atoms with Gasteiger partial charge < -0.3 is 9.47 Å². The van der Waals surface area contributed by atoms with Crippen LogP contribution in [0.1, 0.15) is 26.3 Å². The predicted octanol–water partition coefficient (Wildman–Crippen LogP) is 2.83. The van der Waals surface area contributed by atoms with Crippen LogP contribution in [0.3, 0.4) is 0 Å². The van der Waals surface area contributed by atoms with Crippen molar-refractivity contribution >= 4 is 5.97 Å². The second-order valence-electron chi connectivity index (χ2n) is 4.46. The molecule has 0 saturated heterocycles. The number of ether oxygens (including phenoxy) is 2. The van der Waals surface area contributed by atoms with Crippen LogP contribution in [0.4, 0.5) is 0 Å². The first-order chi connectivity index (χ1) is 8.02. The third-order valence-corrected chi connectivity index (χ3v) is 2.76. The minimum absolute atomic E-state index is 0.182. The summed E-state index contributed by atoms with van der Waals surface area (Å²) >= 11 is 0. The Labute approximate surface area is 103 Å². The van der Waals surface area contributed by atoms with Crippen molar-refractivity contribution in [3.8, 4) is 5.75 Å². The summed E-state index contributed by atoms with van der Waals surface area (Å²) in [4.78, 5) is 11.1. The summed E-state index contributed by atoms with van der Waals surface area (Å²) in [6.45, 7) is 6.29. The molecule has 0 aromatic heterocycles. The molecule has 3 nitrogen and oxygen atoms in total. The van der Waals surface area contributed by atoms with Crippen molar-refractivity contribution in [2.45, 2.75) is 33.3 Å². The molecule has 1 aromatic carbocycles. The van der Waals surface area contributed by atoms with Gasteiger partial charge in [0.2, 0.25) is 0 Å². The molecule has 94 valence electrons. The number of benzene rings is 1. The molecule has 0 bridgehead atoms. The fourth-order valence-electron chi connectivity index (χ4n) is 1.28. The molecule has 0 aliphatic rings. The lowest BCUT2D eigenvalue weighted by Gasteiger charge is -2.18. The molecule has 0 heterocycles. The number of esters is 1. The Balaban J connectivity index is 2.59. The van der Waals surface area contributed by atoms with Crippen LogP contribution in [0, 0.1) is 5.92 Å². The van der Waals surface area contributed by atoms with Crippen molar-refractivity contribution in [2.75, 3.05) is 7.11 Å². The monoisotopic (exact) mass is 236 g/mol. The molecule has 3 heteroatoms. The lowest BCUT2D eigenvalue weighted by atomic mass is 10.1. The largest absolute Gasteiger partial charge is 0.490 e. The Morgan fingerprint density at radius 2 is 1.76 bits per heavy atom. The Morgan fingerprint density at radius 1 is 1.18 bits per heavy atom. The van der Waals surface area contributed by atoms with Crippen molar-refractivity contribution < 1.29 is 14.3 Å². The molecule has 0 aliphatic heterocycles. The number of carbonyl (C=O) groups is 1. The third-order valence-electron chi connectivity index (χ3n) is 2.76. The maximum absolute atomic E-state index is 11.1. The van der Waals surface area contributed by atoms with E-state index in [1.165, 1.54) is 7.11 Å². The van der Waals surface area contributed by atoms with Gasteiger partial charge in [0.15, 0.2) is 0 Å². The van der Waals surface area contributed by atoms with E-state index in [4.69, 9.17) is 4.74 Å². The Kier molecular flexibility index (Phi) is 5.01. The smallest absolute Gasteiger partial charge is 0.309 e. The van der Waals surface area contributed by atoms with Gasteiger partial charge in [-0.25, -0.2) is 0 Å². The summed E-state index contributed by atoms with van der Waals surface area (Å²) in [5.74, 6) is 1.08. The number of carbonyl (C=O) groups excluding carboxylic acids is 1. The van der Waals surface area contributed by atoms with Gasteiger partial charge in [-0.2, -0.15) is 0 Å². The Morgan fingerprint density at radius 3 is 2.24 bits per heavy atom. The molecule has 0 fully saturated rings. The molecular formula is C14H20O3. The van der Waals surface area contributed by atoms with Gasteiger partial charge in [-0.15, -0.1) is 0 Å². The first-order valence-electron chi connectivity index (χ1n) is 5.85. The second kappa shape index (κ2) is 6.28. The van der Waals surface area contributed by atoms with Crippen LogP contribution >= 0.6 is 0 Å². The summed E-state index contributed by atoms with van der Waals surface area (Å²) in [5.41, 5.74) is 0.932. The zero-order valence-corrected chi connectivity index (χ0v) is 10.9. The fourth-order valence-corrected chi connectivity index (χ4v) is 1.28. The van der Waals surface area contributed by atoms with E-state index in [0.717, 1.165) is 11.3 Å². The molecule has 0 saturated carbocycles. The van der Waals surface area contributed by atoms with E-state index in [-0.39, 0.29) is 12.1 Å². The van der Waals surface area contributed by atoms with Gasteiger partial charge >= 0.3 is 5.97 Å². The molecular weight excluding hydrogens is 216 g/mol. The average molecular weight is 236 g/mol. The van der Waals surface area contributed by atoms with E-state index < -0.39 is 0 Å². The van der Waals surface area contributed by atoms with Gasteiger partial charge in [0.25, 0.3) is 0 Å². The lowest BCUT2D eigenvalue weighted by molar-refractivity contribution is -0.139. The molecule has 0 N–H and O–H groups in total. The lowest BCUT2D eigenvalue weighted by Crippen LogP contribution is -2.18. The molecule has 0 radical (unpaired) electrons. The van der Waals surface area contributed by atoms with E-state index in [2.05, 4.69) is 18.6 Å². The maximum atomic E-state index is 11.1. The van der Waals surface area contributed by atoms with Crippen molar-refractivity contribution in [1.29, 1.82) is 0 Å². The normalized spacial score (nSPS) is 12.3. The highest BCUT2D eigenvalue weighted by atomic mass is 16.5. The first-order valence-corrected chi connectivity index (χ1v) is 5.85. The zero-order valence-electron chi connectivity index (χ0n) is 10.9. The van der Waals surface area contributed by atoms with Crippen LogP contribution in [-0.4, -0.2) is 19.2 Å². The van der Waals surface area contributed by atoms with Crippen molar-refractivity contribution in [2.24, 2.45) is 5.92 Å². The molecule has 1 aromatic rings. The van der Waals surface area contributed by atoms with Crippen LogP contribution in [0.2, 0.25) is 0 Å². The summed E-state index contributed by atoms with van der Waals surface area (Å²) in [6.07, 6.45) is 0.484. The van der Waals surface area contributed by atoms with Gasteiger partial charge in [0, 0.05) is 0 Å². The molecule has 1 rings (SSSR count). The van der Waals surface area contributed by atoms with Gasteiger partial charge in [0.05, 0.1) is 19.6 Å². The maximum Gasteiger partial charge on any atom is 0.309 e. The number of hydrogen-bond acceptors (Lipinski definition) is 3. The van der Waals surface area contributed by atoms with Gasteiger partial charge in [-0.3, -0.25) is 4.79 Å². The third kappa shape index (κ3) is 4.47. The van der Waals surface area contributed by atoms with E-state index in [0.29, 0.717) is 12.3 Å². The quantitative estimate of drug-likeness (QED) is 0.737. The highest BCUT2D eigenvalue weighted by Gasteiger charge is 2.09. The Hall–Kier alpha value is -1.51. The zero-order chi connectivity index (χ0) is 12.8. The van der Waals surface area contributed by atoms with E-state index >= 15 is 0 Å². The van der Waals surface area contributed by atoms with Crippen molar-refractivity contribution in [3.05, 3.63) is 29.8 Å². The van der Waals surface area contributed by atoms with Crippen molar-refractivity contribution in [3.63, 3.8) is 0 Å². The second-order valence-corrected chi connectivity index (χ2v) is 4.46. The van der Waals surface area contributed by atoms with Gasteiger partial charge in [0.1, 0.15) is 5.75 Å². The minimum Gasteiger partial charge on any atom is -0.490 e. The number of rotatable bonds is 5. The average Bonchev–Trinajstić information content (AvgIpc) is 2.31. The van der Waals surface area contributed by atoms with Crippen LogP contribution in [0.5, 0.6) is 5.75 Å². The van der Waals surface area contributed by atoms with Crippen LogP contribution in [-0.2, 0) is 16.0 Å². The minimum atomic E-state index is -0.228. The highest BCUT2D eigenvalue weighted by Crippen LogP contribution is 2.17. The topological polar surface area (TPSA) is 35.5 Å².